The molecule has 0 N–H and O–H groups in total. The summed E-state index contributed by atoms with van der Waals surface area (Å²) >= 11 is 0. The molecule has 0 aliphatic carbocycles. The first-order valence-corrected chi connectivity index (χ1v) is 12.6. The van der Waals surface area contributed by atoms with Crippen molar-refractivity contribution in [1.82, 2.24) is 0 Å². The Hall–Kier alpha value is 0.137. The lowest BCUT2D eigenvalue weighted by molar-refractivity contribution is 0.238. The van der Waals surface area contributed by atoms with Crippen LogP contribution in [-0.4, -0.2) is 22.8 Å². The lowest BCUT2D eigenvalue weighted by Gasteiger charge is -2.27. The fourth-order valence-corrected chi connectivity index (χ4v) is 6.13. The Bertz CT molecular complexity index is 210. The molecule has 3 heteroatoms. The third kappa shape index (κ3) is 13.1. The van der Waals surface area contributed by atoms with Crippen molar-refractivity contribution in [2.24, 2.45) is 0 Å². The molecule has 0 aliphatic rings. The molecule has 0 bridgehead atoms. The van der Waals surface area contributed by atoms with Crippen LogP contribution >= 0.6 is 0 Å². The second-order valence-electron chi connectivity index (χ2n) is 7.06. The van der Waals surface area contributed by atoms with E-state index in [-0.39, 0.29) is 0 Å². The van der Waals surface area contributed by atoms with Gasteiger partial charge in [0.15, 0.2) is 0 Å². The summed E-state index contributed by atoms with van der Waals surface area (Å²) in [6, 6.07) is 2.37. The number of hydrogen-bond acceptors (Lipinski definition) is 2. The summed E-state index contributed by atoms with van der Waals surface area (Å²) in [5.41, 5.74) is 0. The van der Waals surface area contributed by atoms with Crippen LogP contribution in [0.3, 0.4) is 0 Å². The Kier molecular flexibility index (Phi) is 17.1. The van der Waals surface area contributed by atoms with E-state index in [0.29, 0.717) is 0 Å². The van der Waals surface area contributed by atoms with E-state index in [1.807, 2.05) is 14.2 Å². The van der Waals surface area contributed by atoms with Gasteiger partial charge in [0.2, 0.25) is 0 Å². The molecule has 0 radical (unpaired) electrons. The van der Waals surface area contributed by atoms with Crippen LogP contribution in [0.25, 0.3) is 0 Å². The summed E-state index contributed by atoms with van der Waals surface area (Å²) in [7, 11) is 1.85. The lowest BCUT2D eigenvalue weighted by atomic mass is 10.1. The van der Waals surface area contributed by atoms with Gasteiger partial charge in [0.05, 0.1) is 0 Å². The molecule has 0 amide bonds. The zero-order valence-corrected chi connectivity index (χ0v) is 17.6. The zero-order valence-electron chi connectivity index (χ0n) is 16.6. The second-order valence-corrected chi connectivity index (χ2v) is 10.7. The van der Waals surface area contributed by atoms with Gasteiger partial charge >= 0.3 is 8.56 Å². The van der Waals surface area contributed by atoms with Crippen molar-refractivity contribution < 1.29 is 8.85 Å². The normalized spacial score (nSPS) is 12.0. The number of rotatable bonds is 18. The number of unbranched alkanes of at least 4 members (excludes halogenated alkanes) is 12. The highest BCUT2D eigenvalue weighted by atomic mass is 28.4. The molecular formula is C20H44O2Si. The molecule has 0 aliphatic heterocycles. The van der Waals surface area contributed by atoms with Crippen LogP contribution in [0.1, 0.15) is 104 Å². The van der Waals surface area contributed by atoms with Crippen molar-refractivity contribution >= 4 is 8.56 Å². The van der Waals surface area contributed by atoms with E-state index in [2.05, 4.69) is 13.8 Å². The Labute approximate surface area is 148 Å². The van der Waals surface area contributed by atoms with Crippen molar-refractivity contribution in [3.63, 3.8) is 0 Å². The lowest BCUT2D eigenvalue weighted by Crippen LogP contribution is -2.39. The van der Waals surface area contributed by atoms with Gasteiger partial charge in [-0.05, 0) is 12.1 Å². The average Bonchev–Trinajstić information content (AvgIpc) is 2.58. The largest absolute Gasteiger partial charge is 0.398 e. The summed E-state index contributed by atoms with van der Waals surface area (Å²) in [5.74, 6) is 0. The smallest absolute Gasteiger partial charge is 0.337 e. The van der Waals surface area contributed by atoms with E-state index in [0.717, 1.165) is 0 Å². The van der Waals surface area contributed by atoms with Gasteiger partial charge in [-0.15, -0.1) is 0 Å². The Morgan fingerprint density at radius 3 is 1.09 bits per heavy atom. The predicted molar refractivity (Wildman–Crippen MR) is 105 cm³/mol. The van der Waals surface area contributed by atoms with Gasteiger partial charge in [-0.3, -0.25) is 0 Å². The first-order valence-electron chi connectivity index (χ1n) is 10.3. The number of hydrogen-bond donors (Lipinski definition) is 0. The third-order valence-electron chi connectivity index (χ3n) is 5.07. The molecular weight excluding hydrogens is 300 g/mol. The van der Waals surface area contributed by atoms with Crippen LogP contribution in [0.15, 0.2) is 0 Å². The molecule has 0 saturated carbocycles. The van der Waals surface area contributed by atoms with Crippen LogP contribution in [0.2, 0.25) is 12.1 Å². The topological polar surface area (TPSA) is 18.5 Å². The van der Waals surface area contributed by atoms with Crippen LogP contribution in [0.5, 0.6) is 0 Å². The SMILES string of the molecule is CCCCCCCCC[Si](CCCCCCCCC)(OC)OC. The Morgan fingerprint density at radius 2 is 0.783 bits per heavy atom. The summed E-state index contributed by atoms with van der Waals surface area (Å²) in [6.45, 7) is 4.56. The van der Waals surface area contributed by atoms with Crippen molar-refractivity contribution in [3.05, 3.63) is 0 Å². The zero-order chi connectivity index (χ0) is 17.2. The fourth-order valence-electron chi connectivity index (χ4n) is 3.32. The summed E-state index contributed by atoms with van der Waals surface area (Å²) in [5, 5.41) is 0. The van der Waals surface area contributed by atoms with Gasteiger partial charge < -0.3 is 8.85 Å². The maximum absolute atomic E-state index is 5.89. The van der Waals surface area contributed by atoms with E-state index >= 15 is 0 Å². The fraction of sp³-hybridized carbons (Fsp3) is 1.00. The van der Waals surface area contributed by atoms with Crippen molar-refractivity contribution in [1.29, 1.82) is 0 Å². The monoisotopic (exact) mass is 344 g/mol. The van der Waals surface area contributed by atoms with E-state index in [1.165, 1.54) is 102 Å². The summed E-state index contributed by atoms with van der Waals surface area (Å²) in [6.07, 6.45) is 19.1. The van der Waals surface area contributed by atoms with E-state index in [1.54, 1.807) is 0 Å². The molecule has 2 nitrogen and oxygen atoms in total. The minimum atomic E-state index is -1.89. The minimum absolute atomic E-state index is 1.18. The van der Waals surface area contributed by atoms with Crippen LogP contribution in [0, 0.1) is 0 Å². The highest BCUT2D eigenvalue weighted by Gasteiger charge is 2.33. The van der Waals surface area contributed by atoms with Gasteiger partial charge in [-0.25, -0.2) is 0 Å². The molecule has 0 atom stereocenters. The third-order valence-corrected chi connectivity index (χ3v) is 8.79. The maximum atomic E-state index is 5.89. The Balaban J connectivity index is 3.74. The molecule has 0 fully saturated rings. The van der Waals surface area contributed by atoms with Gasteiger partial charge in [0.1, 0.15) is 0 Å². The summed E-state index contributed by atoms with van der Waals surface area (Å²) in [4.78, 5) is 0. The second kappa shape index (κ2) is 17.0. The van der Waals surface area contributed by atoms with Gasteiger partial charge in [0, 0.05) is 14.2 Å². The van der Waals surface area contributed by atoms with Crippen LogP contribution < -0.4 is 0 Å². The van der Waals surface area contributed by atoms with Gasteiger partial charge in [-0.1, -0.05) is 104 Å². The first kappa shape index (κ1) is 23.1. The molecule has 140 valence electrons. The van der Waals surface area contributed by atoms with E-state index < -0.39 is 8.56 Å². The standard InChI is InChI=1S/C20H44O2Si/c1-5-7-9-11-13-15-17-19-23(21-3,22-4)20-18-16-14-12-10-8-6-2/h5-20H2,1-4H3. The minimum Gasteiger partial charge on any atom is -0.398 e. The first-order chi connectivity index (χ1) is 11.2. The molecule has 0 spiro atoms. The van der Waals surface area contributed by atoms with Crippen LogP contribution in [-0.2, 0) is 8.85 Å². The predicted octanol–water partition coefficient (Wildman–Crippen LogP) is 7.22. The van der Waals surface area contributed by atoms with Crippen molar-refractivity contribution in [3.8, 4) is 0 Å². The maximum Gasteiger partial charge on any atom is 0.337 e. The van der Waals surface area contributed by atoms with Gasteiger partial charge in [0.25, 0.3) is 0 Å². The quantitative estimate of drug-likeness (QED) is 0.193. The molecule has 0 unspecified atom stereocenters. The molecule has 0 aromatic heterocycles. The summed E-state index contributed by atoms with van der Waals surface area (Å²) < 4.78 is 11.8. The Morgan fingerprint density at radius 1 is 0.478 bits per heavy atom. The molecule has 0 heterocycles. The van der Waals surface area contributed by atoms with Crippen molar-refractivity contribution in [2.75, 3.05) is 14.2 Å². The average molecular weight is 345 g/mol. The highest BCUT2D eigenvalue weighted by molar-refractivity contribution is 6.67. The highest BCUT2D eigenvalue weighted by Crippen LogP contribution is 2.25. The molecule has 0 saturated heterocycles. The van der Waals surface area contributed by atoms with E-state index in [4.69, 9.17) is 8.85 Å². The molecule has 0 rings (SSSR count). The van der Waals surface area contributed by atoms with Crippen LogP contribution in [0.4, 0.5) is 0 Å². The van der Waals surface area contributed by atoms with Gasteiger partial charge in [-0.2, -0.15) is 0 Å². The molecule has 0 aromatic carbocycles. The van der Waals surface area contributed by atoms with Crippen molar-refractivity contribution in [2.45, 2.75) is 116 Å². The van der Waals surface area contributed by atoms with E-state index in [9.17, 15) is 0 Å². The molecule has 23 heavy (non-hydrogen) atoms. The molecule has 0 aromatic rings.